The van der Waals surface area contributed by atoms with E-state index >= 15 is 0 Å². The molecular formula is C26H30N6O3S. The summed E-state index contributed by atoms with van der Waals surface area (Å²) in [6.45, 7) is 5.38. The number of ether oxygens (including phenoxy) is 1. The van der Waals surface area contributed by atoms with Crippen molar-refractivity contribution in [1.82, 2.24) is 14.7 Å². The Morgan fingerprint density at radius 2 is 1.92 bits per heavy atom. The van der Waals surface area contributed by atoms with Crippen molar-refractivity contribution in [3.8, 4) is 6.07 Å². The van der Waals surface area contributed by atoms with Gasteiger partial charge in [-0.1, -0.05) is 31.5 Å². The van der Waals surface area contributed by atoms with Crippen LogP contribution in [0.5, 0.6) is 0 Å². The monoisotopic (exact) mass is 506 g/mol. The summed E-state index contributed by atoms with van der Waals surface area (Å²) in [4.78, 5) is 11.4. The number of benzene rings is 2. The first kappa shape index (κ1) is 25.6. The van der Waals surface area contributed by atoms with Gasteiger partial charge < -0.3 is 15.0 Å². The summed E-state index contributed by atoms with van der Waals surface area (Å²) in [5.41, 5.74) is 4.12. The van der Waals surface area contributed by atoms with Crippen LogP contribution < -0.4 is 14.9 Å². The maximum Gasteiger partial charge on any atom is 0.242 e. The number of aryl methyl sites for hydroxylation is 1. The van der Waals surface area contributed by atoms with Gasteiger partial charge in [-0.3, -0.25) is 0 Å². The van der Waals surface area contributed by atoms with Crippen LogP contribution in [0.15, 0.2) is 53.6 Å². The van der Waals surface area contributed by atoms with Gasteiger partial charge in [0.25, 0.3) is 0 Å². The molecule has 0 spiro atoms. The first-order chi connectivity index (χ1) is 17.4. The zero-order valence-corrected chi connectivity index (χ0v) is 21.3. The fraction of sp³-hybridized carbons (Fsp3) is 0.346. The zero-order chi connectivity index (χ0) is 25.5. The highest BCUT2D eigenvalue weighted by atomic mass is 32.2. The summed E-state index contributed by atoms with van der Waals surface area (Å²) in [5, 5.41) is 12.6. The van der Waals surface area contributed by atoms with Gasteiger partial charge in [0, 0.05) is 25.2 Å². The molecule has 9 nitrogen and oxygen atoms in total. The summed E-state index contributed by atoms with van der Waals surface area (Å²) >= 11 is 0. The van der Waals surface area contributed by atoms with Crippen LogP contribution in [0.1, 0.15) is 35.9 Å². The second-order valence-electron chi connectivity index (χ2n) is 8.47. The van der Waals surface area contributed by atoms with Crippen molar-refractivity contribution >= 4 is 27.2 Å². The Morgan fingerprint density at radius 1 is 1.14 bits per heavy atom. The lowest BCUT2D eigenvalue weighted by Crippen LogP contribution is -2.36. The number of morpholine rings is 1. The Bertz CT molecular complexity index is 1360. The number of para-hydroxylation sites is 1. The minimum absolute atomic E-state index is 0.0699. The quantitative estimate of drug-likeness (QED) is 0.453. The number of rotatable bonds is 9. The van der Waals surface area contributed by atoms with E-state index < -0.39 is 10.0 Å². The maximum absolute atomic E-state index is 12.5. The van der Waals surface area contributed by atoms with Crippen LogP contribution >= 0.6 is 0 Å². The third kappa shape index (κ3) is 5.82. The zero-order valence-electron chi connectivity index (χ0n) is 20.5. The molecule has 3 aromatic rings. The van der Waals surface area contributed by atoms with Crippen molar-refractivity contribution in [3.63, 3.8) is 0 Å². The van der Waals surface area contributed by atoms with Gasteiger partial charge in [-0.15, -0.1) is 0 Å². The number of hydrogen-bond donors (Lipinski definition) is 2. The molecule has 0 radical (unpaired) electrons. The van der Waals surface area contributed by atoms with Gasteiger partial charge >= 0.3 is 0 Å². The highest BCUT2D eigenvalue weighted by molar-refractivity contribution is 7.89. The van der Waals surface area contributed by atoms with Crippen molar-refractivity contribution in [2.45, 2.75) is 31.1 Å². The normalized spacial score (nSPS) is 13.9. The molecule has 0 saturated carbocycles. The standard InChI is InChI=1S/C26H30N6O3S/c1-3-6-19-15-22(32-11-13-35-14-12-32)10-9-20(19)16-25-29-18-21(17-27)26(31-25)30-23-7-4-5-8-24(23)36(33,34)28-2/h4-5,7-10,15,18,28H,3,6,11-14,16H2,1-2H3,(H,29,30,31). The third-order valence-electron chi connectivity index (χ3n) is 6.09. The van der Waals surface area contributed by atoms with E-state index in [1.807, 2.05) is 0 Å². The Balaban J connectivity index is 1.64. The Labute approximate surface area is 212 Å². The van der Waals surface area contributed by atoms with Gasteiger partial charge in [-0.25, -0.2) is 23.1 Å². The molecule has 0 unspecified atom stereocenters. The molecule has 1 aliphatic rings. The molecule has 0 bridgehead atoms. The Hall–Kier alpha value is -3.52. The molecule has 188 valence electrons. The SMILES string of the molecule is CCCc1cc(N2CCOCC2)ccc1Cc1ncc(C#N)c(Nc2ccccc2S(=O)(=O)NC)n1. The molecular weight excluding hydrogens is 476 g/mol. The smallest absolute Gasteiger partial charge is 0.242 e. The molecule has 2 aromatic carbocycles. The van der Waals surface area contributed by atoms with E-state index in [4.69, 9.17) is 4.74 Å². The lowest BCUT2D eigenvalue weighted by molar-refractivity contribution is 0.122. The fourth-order valence-corrected chi connectivity index (χ4v) is 5.08. The van der Waals surface area contributed by atoms with Crippen molar-refractivity contribution in [3.05, 3.63) is 71.2 Å². The first-order valence-electron chi connectivity index (χ1n) is 11.9. The molecule has 1 fully saturated rings. The fourth-order valence-electron chi connectivity index (χ4n) is 4.20. The highest BCUT2D eigenvalue weighted by Crippen LogP contribution is 2.27. The van der Waals surface area contributed by atoms with Crippen molar-refractivity contribution < 1.29 is 13.2 Å². The van der Waals surface area contributed by atoms with Crippen LogP contribution in [0.4, 0.5) is 17.2 Å². The number of sulfonamides is 1. The maximum atomic E-state index is 12.5. The van der Waals surface area contributed by atoms with Crippen molar-refractivity contribution in [2.24, 2.45) is 0 Å². The first-order valence-corrected chi connectivity index (χ1v) is 13.4. The van der Waals surface area contributed by atoms with E-state index in [9.17, 15) is 13.7 Å². The number of hydrogen-bond acceptors (Lipinski definition) is 8. The summed E-state index contributed by atoms with van der Waals surface area (Å²) < 4.78 is 32.7. The van der Waals surface area contributed by atoms with E-state index in [1.54, 1.807) is 18.2 Å². The molecule has 1 aromatic heterocycles. The van der Waals surface area contributed by atoms with E-state index in [1.165, 1.54) is 30.6 Å². The summed E-state index contributed by atoms with van der Waals surface area (Å²) in [6, 6.07) is 15.1. The molecule has 0 amide bonds. The molecule has 2 N–H and O–H groups in total. The summed E-state index contributed by atoms with van der Waals surface area (Å²) in [7, 11) is -2.35. The second-order valence-corrected chi connectivity index (χ2v) is 10.3. The second kappa shape index (κ2) is 11.5. The van der Waals surface area contributed by atoms with Crippen molar-refractivity contribution in [1.29, 1.82) is 5.26 Å². The molecule has 1 saturated heterocycles. The third-order valence-corrected chi connectivity index (χ3v) is 7.56. The van der Waals surface area contributed by atoms with E-state index in [2.05, 4.69) is 56.1 Å². The highest BCUT2D eigenvalue weighted by Gasteiger charge is 2.19. The number of nitrogens with zero attached hydrogens (tertiary/aromatic N) is 4. The molecule has 0 aliphatic carbocycles. The van der Waals surface area contributed by atoms with Crippen molar-refractivity contribution in [2.75, 3.05) is 43.6 Å². The van der Waals surface area contributed by atoms with E-state index in [-0.39, 0.29) is 16.3 Å². The number of nitriles is 1. The van der Waals surface area contributed by atoms with Gasteiger partial charge in [0.1, 0.15) is 22.4 Å². The molecule has 4 rings (SSSR count). The number of aromatic nitrogens is 2. The summed E-state index contributed by atoms with van der Waals surface area (Å²) in [6.07, 6.45) is 3.92. The van der Waals surface area contributed by atoms with Gasteiger partial charge in [-0.05, 0) is 48.9 Å². The van der Waals surface area contributed by atoms with Crippen LogP contribution in [-0.4, -0.2) is 51.7 Å². The average Bonchev–Trinajstić information content (AvgIpc) is 2.91. The van der Waals surface area contributed by atoms with Crippen LogP contribution in [0, 0.1) is 11.3 Å². The lowest BCUT2D eigenvalue weighted by atomic mass is 9.99. The van der Waals surface area contributed by atoms with Crippen LogP contribution in [0.3, 0.4) is 0 Å². The minimum Gasteiger partial charge on any atom is -0.378 e. The van der Waals surface area contributed by atoms with Gasteiger partial charge in [0.05, 0.1) is 25.1 Å². The predicted octanol–water partition coefficient (Wildman–Crippen LogP) is 3.38. The molecule has 0 atom stereocenters. The predicted molar refractivity (Wildman–Crippen MR) is 139 cm³/mol. The van der Waals surface area contributed by atoms with Crippen LogP contribution in [0.25, 0.3) is 0 Å². The summed E-state index contributed by atoms with van der Waals surface area (Å²) in [5.74, 6) is 0.810. The Morgan fingerprint density at radius 3 is 2.64 bits per heavy atom. The van der Waals surface area contributed by atoms with E-state index in [0.29, 0.717) is 17.9 Å². The van der Waals surface area contributed by atoms with E-state index in [0.717, 1.165) is 44.7 Å². The molecule has 1 aliphatic heterocycles. The number of nitrogens with one attached hydrogen (secondary N) is 2. The topological polar surface area (TPSA) is 120 Å². The van der Waals surface area contributed by atoms with Gasteiger partial charge in [0.15, 0.2) is 5.82 Å². The Kier molecular flexibility index (Phi) is 8.15. The number of anilines is 3. The lowest BCUT2D eigenvalue weighted by Gasteiger charge is -2.29. The van der Waals surface area contributed by atoms with Gasteiger partial charge in [0.2, 0.25) is 10.0 Å². The average molecular weight is 507 g/mol. The molecule has 36 heavy (non-hydrogen) atoms. The van der Waals surface area contributed by atoms with Crippen LogP contribution in [-0.2, 0) is 27.6 Å². The molecule has 2 heterocycles. The largest absolute Gasteiger partial charge is 0.378 e. The van der Waals surface area contributed by atoms with Gasteiger partial charge in [-0.2, -0.15) is 5.26 Å². The molecule has 10 heteroatoms. The van der Waals surface area contributed by atoms with Crippen LogP contribution in [0.2, 0.25) is 0 Å². The minimum atomic E-state index is -3.70.